The quantitative estimate of drug-likeness (QED) is 0.474. The molecule has 0 radical (unpaired) electrons. The lowest BCUT2D eigenvalue weighted by Crippen LogP contribution is -2.42. The van der Waals surface area contributed by atoms with E-state index in [1.807, 2.05) is 12.1 Å². The number of aliphatic hydroxyl groups is 1. The van der Waals surface area contributed by atoms with Gasteiger partial charge in [-0.15, -0.1) is 0 Å². The topological polar surface area (TPSA) is 83.0 Å². The zero-order valence-corrected chi connectivity index (χ0v) is 16.0. The molecule has 2 aliphatic rings. The first-order chi connectivity index (χ1) is 14.2. The highest BCUT2D eigenvalue weighted by Gasteiger charge is 2.46. The minimum Gasteiger partial charge on any atom is -0.507 e. The first-order valence-electron chi connectivity index (χ1n) is 9.70. The van der Waals surface area contributed by atoms with Gasteiger partial charge in [-0.2, -0.15) is 0 Å². The largest absolute Gasteiger partial charge is 0.507 e. The number of aromatic nitrogens is 1. The van der Waals surface area contributed by atoms with E-state index in [0.717, 1.165) is 13.1 Å². The number of amides is 1. The van der Waals surface area contributed by atoms with Gasteiger partial charge in [0.2, 0.25) is 0 Å². The SMILES string of the molecule is O=C1C(=O)N(CCN2CCOCC2)[C@H](c2cccnc2)/C1=C(\O)c1ccccc1. The molecule has 2 fully saturated rings. The number of ether oxygens (including phenoxy) is 1. The zero-order chi connectivity index (χ0) is 20.2. The highest BCUT2D eigenvalue weighted by molar-refractivity contribution is 6.46. The number of benzene rings is 1. The molecule has 29 heavy (non-hydrogen) atoms. The molecule has 4 rings (SSSR count). The van der Waals surface area contributed by atoms with E-state index in [0.29, 0.717) is 37.4 Å². The van der Waals surface area contributed by atoms with Crippen molar-refractivity contribution in [3.63, 3.8) is 0 Å². The number of nitrogens with zero attached hydrogens (tertiary/aromatic N) is 3. The summed E-state index contributed by atoms with van der Waals surface area (Å²) in [6.45, 7) is 3.95. The number of likely N-dealkylation sites (tertiary alicyclic amines) is 1. The number of hydrogen-bond acceptors (Lipinski definition) is 6. The minimum atomic E-state index is -0.665. The van der Waals surface area contributed by atoms with Crippen molar-refractivity contribution in [3.8, 4) is 0 Å². The van der Waals surface area contributed by atoms with Crippen LogP contribution in [-0.2, 0) is 14.3 Å². The number of hydrogen-bond donors (Lipinski definition) is 1. The fourth-order valence-electron chi connectivity index (χ4n) is 3.82. The van der Waals surface area contributed by atoms with E-state index in [-0.39, 0.29) is 11.3 Å². The second kappa shape index (κ2) is 8.55. The molecule has 0 spiro atoms. The number of aliphatic hydroxyl groups excluding tert-OH is 1. The summed E-state index contributed by atoms with van der Waals surface area (Å²) in [4.78, 5) is 33.7. The van der Waals surface area contributed by atoms with Gasteiger partial charge in [0.05, 0.1) is 24.8 Å². The minimum absolute atomic E-state index is 0.108. The first kappa shape index (κ1) is 19.3. The van der Waals surface area contributed by atoms with Gasteiger partial charge in [-0.1, -0.05) is 36.4 Å². The average Bonchev–Trinajstić information content (AvgIpc) is 3.04. The molecule has 2 saturated heterocycles. The molecule has 1 aromatic carbocycles. The third-order valence-corrected chi connectivity index (χ3v) is 5.35. The Morgan fingerprint density at radius 3 is 2.52 bits per heavy atom. The Balaban J connectivity index is 1.70. The van der Waals surface area contributed by atoms with Gasteiger partial charge in [0, 0.05) is 44.1 Å². The number of pyridine rings is 1. The molecule has 0 unspecified atom stereocenters. The van der Waals surface area contributed by atoms with E-state index in [4.69, 9.17) is 4.74 Å². The van der Waals surface area contributed by atoms with Gasteiger partial charge in [-0.05, 0) is 11.6 Å². The summed E-state index contributed by atoms with van der Waals surface area (Å²) < 4.78 is 5.37. The summed E-state index contributed by atoms with van der Waals surface area (Å²) in [6.07, 6.45) is 3.27. The summed E-state index contributed by atoms with van der Waals surface area (Å²) in [5.41, 5.74) is 1.31. The number of ketones is 1. The van der Waals surface area contributed by atoms with E-state index in [1.54, 1.807) is 47.6 Å². The van der Waals surface area contributed by atoms with E-state index in [2.05, 4.69) is 9.88 Å². The molecule has 1 N–H and O–H groups in total. The number of carbonyl (C=O) groups is 2. The Bertz CT molecular complexity index is 908. The molecule has 7 nitrogen and oxygen atoms in total. The van der Waals surface area contributed by atoms with E-state index in [1.165, 1.54) is 0 Å². The molecular formula is C22H23N3O4. The van der Waals surface area contributed by atoms with Crippen molar-refractivity contribution in [1.29, 1.82) is 0 Å². The molecule has 1 atom stereocenters. The summed E-state index contributed by atoms with van der Waals surface area (Å²) in [5, 5.41) is 10.9. The van der Waals surface area contributed by atoms with Crippen molar-refractivity contribution < 1.29 is 19.4 Å². The monoisotopic (exact) mass is 393 g/mol. The van der Waals surface area contributed by atoms with Gasteiger partial charge in [0.1, 0.15) is 5.76 Å². The van der Waals surface area contributed by atoms with E-state index >= 15 is 0 Å². The zero-order valence-electron chi connectivity index (χ0n) is 16.0. The molecule has 0 bridgehead atoms. The molecule has 2 aromatic rings. The normalized spacial score (nSPS) is 22.2. The van der Waals surface area contributed by atoms with Crippen molar-refractivity contribution in [2.75, 3.05) is 39.4 Å². The summed E-state index contributed by atoms with van der Waals surface area (Å²) in [6, 6.07) is 11.8. The number of Topliss-reactive ketones (excluding diaryl/α,β-unsaturated/α-hetero) is 1. The van der Waals surface area contributed by atoms with Crippen molar-refractivity contribution >= 4 is 17.4 Å². The van der Waals surface area contributed by atoms with Crippen LogP contribution >= 0.6 is 0 Å². The van der Waals surface area contributed by atoms with Crippen LogP contribution in [0.2, 0.25) is 0 Å². The lowest BCUT2D eigenvalue weighted by Gasteiger charge is -2.30. The predicted molar refractivity (Wildman–Crippen MR) is 107 cm³/mol. The maximum absolute atomic E-state index is 12.9. The van der Waals surface area contributed by atoms with Gasteiger partial charge in [-0.3, -0.25) is 19.5 Å². The lowest BCUT2D eigenvalue weighted by atomic mass is 9.96. The van der Waals surface area contributed by atoms with Crippen LogP contribution in [0.4, 0.5) is 0 Å². The second-order valence-electron chi connectivity index (χ2n) is 7.10. The molecule has 7 heteroatoms. The Hall–Kier alpha value is -3.03. The number of morpholine rings is 1. The fraction of sp³-hybridized carbons (Fsp3) is 0.318. The molecule has 1 aromatic heterocycles. The van der Waals surface area contributed by atoms with Crippen LogP contribution in [0.25, 0.3) is 5.76 Å². The first-order valence-corrected chi connectivity index (χ1v) is 9.70. The molecule has 1 amide bonds. The highest BCUT2D eigenvalue weighted by Crippen LogP contribution is 2.38. The van der Waals surface area contributed by atoms with Crippen molar-refractivity contribution in [2.24, 2.45) is 0 Å². The smallest absolute Gasteiger partial charge is 0.295 e. The Labute approximate surface area is 169 Å². The fourth-order valence-corrected chi connectivity index (χ4v) is 3.82. The van der Waals surface area contributed by atoms with Crippen LogP contribution in [-0.4, -0.2) is 71.0 Å². The number of rotatable bonds is 5. The van der Waals surface area contributed by atoms with Crippen molar-refractivity contribution in [1.82, 2.24) is 14.8 Å². The van der Waals surface area contributed by atoms with Crippen LogP contribution in [0.5, 0.6) is 0 Å². The molecule has 3 heterocycles. The highest BCUT2D eigenvalue weighted by atomic mass is 16.5. The maximum atomic E-state index is 12.9. The Kier molecular flexibility index (Phi) is 5.69. The van der Waals surface area contributed by atoms with Gasteiger partial charge >= 0.3 is 0 Å². The van der Waals surface area contributed by atoms with Crippen LogP contribution in [0.3, 0.4) is 0 Å². The maximum Gasteiger partial charge on any atom is 0.295 e. The van der Waals surface area contributed by atoms with Crippen LogP contribution in [0.1, 0.15) is 17.2 Å². The van der Waals surface area contributed by atoms with Gasteiger partial charge in [0.15, 0.2) is 0 Å². The summed E-state index contributed by atoms with van der Waals surface area (Å²) in [7, 11) is 0. The van der Waals surface area contributed by atoms with Crippen LogP contribution in [0.15, 0.2) is 60.4 Å². The standard InChI is InChI=1S/C22H23N3O4/c26-20(16-5-2-1-3-6-16)18-19(17-7-4-8-23-15-17)25(22(28)21(18)27)10-9-24-11-13-29-14-12-24/h1-8,15,19,26H,9-14H2/b20-18+/t19-/m1/s1. The number of carbonyl (C=O) groups excluding carboxylic acids is 2. The van der Waals surface area contributed by atoms with Gasteiger partial charge in [-0.25, -0.2) is 0 Å². The Morgan fingerprint density at radius 2 is 1.83 bits per heavy atom. The van der Waals surface area contributed by atoms with Crippen LogP contribution in [0, 0.1) is 0 Å². The van der Waals surface area contributed by atoms with Gasteiger partial charge < -0.3 is 14.7 Å². The molecule has 2 aliphatic heterocycles. The molecule has 0 saturated carbocycles. The summed E-state index contributed by atoms with van der Waals surface area (Å²) in [5.74, 6) is -1.42. The van der Waals surface area contributed by atoms with Crippen molar-refractivity contribution in [2.45, 2.75) is 6.04 Å². The second-order valence-corrected chi connectivity index (χ2v) is 7.10. The van der Waals surface area contributed by atoms with Crippen LogP contribution < -0.4 is 0 Å². The lowest BCUT2D eigenvalue weighted by molar-refractivity contribution is -0.140. The summed E-state index contributed by atoms with van der Waals surface area (Å²) >= 11 is 0. The van der Waals surface area contributed by atoms with E-state index < -0.39 is 17.7 Å². The third kappa shape index (κ3) is 3.92. The molecular weight excluding hydrogens is 370 g/mol. The third-order valence-electron chi connectivity index (χ3n) is 5.35. The van der Waals surface area contributed by atoms with E-state index in [9.17, 15) is 14.7 Å². The average molecular weight is 393 g/mol. The predicted octanol–water partition coefficient (Wildman–Crippen LogP) is 1.84. The van der Waals surface area contributed by atoms with Gasteiger partial charge in [0.25, 0.3) is 11.7 Å². The Morgan fingerprint density at radius 1 is 1.07 bits per heavy atom. The van der Waals surface area contributed by atoms with Crippen molar-refractivity contribution in [3.05, 3.63) is 71.6 Å². The molecule has 0 aliphatic carbocycles. The molecule has 150 valence electrons.